The van der Waals surface area contributed by atoms with E-state index in [0.29, 0.717) is 0 Å². The molecule has 5 nitrogen and oxygen atoms in total. The summed E-state index contributed by atoms with van der Waals surface area (Å²) in [5, 5.41) is 6.54. The molecule has 2 N–H and O–H groups in total. The molecule has 2 aromatic heterocycles. The molecule has 0 fully saturated rings. The van der Waals surface area contributed by atoms with Gasteiger partial charge in [-0.3, -0.25) is 0 Å². The molecule has 0 radical (unpaired) electrons. The predicted octanol–water partition coefficient (Wildman–Crippen LogP) is 2.45. The summed E-state index contributed by atoms with van der Waals surface area (Å²) in [5.41, 5.74) is 10.7. The Morgan fingerprint density at radius 1 is 1.50 bits per heavy atom. The van der Waals surface area contributed by atoms with E-state index in [1.807, 2.05) is 24.2 Å². The molecule has 0 aromatic carbocycles. The zero-order valence-corrected chi connectivity index (χ0v) is 12.0. The number of nitrogens with two attached hydrogens (primary N) is 1. The first-order chi connectivity index (χ1) is 8.50. The summed E-state index contributed by atoms with van der Waals surface area (Å²) < 4.78 is 1.97. The minimum absolute atomic E-state index is 0.286. The van der Waals surface area contributed by atoms with Crippen LogP contribution in [0.2, 0.25) is 0 Å². The van der Waals surface area contributed by atoms with E-state index in [4.69, 9.17) is 5.73 Å². The molecule has 0 unspecified atom stereocenters. The first-order valence-corrected chi connectivity index (χ1v) is 6.87. The van der Waals surface area contributed by atoms with Gasteiger partial charge in [-0.2, -0.15) is 5.10 Å². The number of hydrogen-bond donors (Lipinski definition) is 1. The molecule has 0 aliphatic rings. The molecule has 2 aromatic rings. The van der Waals surface area contributed by atoms with E-state index in [9.17, 15) is 0 Å². The standard InChI is InChI=1S/C12H19N5S/c1-8(2)17-12(11(13)9(3)15-17)16(4)5-10-6-18-7-14-10/h6-8H,5,13H2,1-4H3. The number of aromatic nitrogens is 3. The van der Waals surface area contributed by atoms with Gasteiger partial charge >= 0.3 is 0 Å². The highest BCUT2D eigenvalue weighted by atomic mass is 32.1. The topological polar surface area (TPSA) is 60.0 Å². The lowest BCUT2D eigenvalue weighted by Crippen LogP contribution is -2.22. The van der Waals surface area contributed by atoms with Crippen LogP contribution in [0.15, 0.2) is 10.9 Å². The molecule has 0 amide bonds. The summed E-state index contributed by atoms with van der Waals surface area (Å²) in [5.74, 6) is 0.968. The van der Waals surface area contributed by atoms with Gasteiger partial charge in [0.15, 0.2) is 5.82 Å². The van der Waals surface area contributed by atoms with Crippen molar-refractivity contribution in [2.45, 2.75) is 33.4 Å². The number of rotatable bonds is 4. The van der Waals surface area contributed by atoms with Crippen molar-refractivity contribution in [3.63, 3.8) is 0 Å². The number of nitrogens with zero attached hydrogens (tertiary/aromatic N) is 4. The second-order valence-electron chi connectivity index (χ2n) is 4.70. The molecule has 0 aliphatic heterocycles. The van der Waals surface area contributed by atoms with Crippen molar-refractivity contribution in [1.29, 1.82) is 0 Å². The molecule has 0 saturated heterocycles. The lowest BCUT2D eigenvalue weighted by atomic mass is 10.3. The lowest BCUT2D eigenvalue weighted by molar-refractivity contribution is 0.525. The summed E-state index contributed by atoms with van der Waals surface area (Å²) in [6, 6.07) is 0.286. The number of nitrogen functional groups attached to an aromatic ring is 1. The summed E-state index contributed by atoms with van der Waals surface area (Å²) in [4.78, 5) is 6.40. The summed E-state index contributed by atoms with van der Waals surface area (Å²) in [6.45, 7) is 6.89. The van der Waals surface area contributed by atoms with Crippen molar-refractivity contribution in [1.82, 2.24) is 14.8 Å². The molecule has 2 heterocycles. The Hall–Kier alpha value is -1.56. The molecule has 0 saturated carbocycles. The van der Waals surface area contributed by atoms with Gasteiger partial charge in [-0.1, -0.05) is 0 Å². The molecule has 2 rings (SSSR count). The Morgan fingerprint density at radius 3 is 2.78 bits per heavy atom. The number of thiazole rings is 1. The van der Waals surface area contributed by atoms with Crippen molar-refractivity contribution < 1.29 is 0 Å². The van der Waals surface area contributed by atoms with E-state index >= 15 is 0 Å². The highest BCUT2D eigenvalue weighted by Gasteiger charge is 2.18. The van der Waals surface area contributed by atoms with Gasteiger partial charge in [0.1, 0.15) is 0 Å². The van der Waals surface area contributed by atoms with E-state index in [2.05, 4.69) is 34.2 Å². The van der Waals surface area contributed by atoms with E-state index in [1.54, 1.807) is 11.3 Å². The van der Waals surface area contributed by atoms with Crippen LogP contribution in [0.1, 0.15) is 31.3 Å². The second kappa shape index (κ2) is 4.97. The molecule has 0 spiro atoms. The molecule has 0 aliphatic carbocycles. The Morgan fingerprint density at radius 2 is 2.22 bits per heavy atom. The van der Waals surface area contributed by atoms with Gasteiger partial charge in [0.25, 0.3) is 0 Å². The Kier molecular flexibility index (Phi) is 3.56. The van der Waals surface area contributed by atoms with Crippen LogP contribution < -0.4 is 10.6 Å². The highest BCUT2D eigenvalue weighted by Crippen LogP contribution is 2.29. The van der Waals surface area contributed by atoms with Crippen LogP contribution in [0.5, 0.6) is 0 Å². The van der Waals surface area contributed by atoms with Crippen LogP contribution in [0.3, 0.4) is 0 Å². The quantitative estimate of drug-likeness (QED) is 0.922. The van der Waals surface area contributed by atoms with Crippen molar-refractivity contribution in [2.24, 2.45) is 0 Å². The second-order valence-corrected chi connectivity index (χ2v) is 5.42. The maximum Gasteiger partial charge on any atom is 0.151 e. The fourth-order valence-corrected chi connectivity index (χ4v) is 2.47. The fraction of sp³-hybridized carbons (Fsp3) is 0.500. The smallest absolute Gasteiger partial charge is 0.151 e. The van der Waals surface area contributed by atoms with E-state index in [0.717, 1.165) is 29.4 Å². The zero-order valence-electron chi connectivity index (χ0n) is 11.2. The molecule has 18 heavy (non-hydrogen) atoms. The van der Waals surface area contributed by atoms with Gasteiger partial charge in [-0.05, 0) is 20.8 Å². The van der Waals surface area contributed by atoms with Crippen molar-refractivity contribution in [3.8, 4) is 0 Å². The molecule has 6 heteroatoms. The Balaban J connectivity index is 2.31. The van der Waals surface area contributed by atoms with E-state index in [1.165, 1.54) is 0 Å². The summed E-state index contributed by atoms with van der Waals surface area (Å²) >= 11 is 1.61. The van der Waals surface area contributed by atoms with Gasteiger partial charge in [-0.25, -0.2) is 9.67 Å². The van der Waals surface area contributed by atoms with E-state index < -0.39 is 0 Å². The van der Waals surface area contributed by atoms with E-state index in [-0.39, 0.29) is 6.04 Å². The Labute approximate surface area is 111 Å². The van der Waals surface area contributed by atoms with Crippen LogP contribution in [0.4, 0.5) is 11.5 Å². The zero-order chi connectivity index (χ0) is 13.3. The average molecular weight is 265 g/mol. The average Bonchev–Trinajstić information content (AvgIpc) is 2.88. The van der Waals surface area contributed by atoms with Crippen LogP contribution in [0.25, 0.3) is 0 Å². The third-order valence-corrected chi connectivity index (χ3v) is 3.47. The van der Waals surface area contributed by atoms with Gasteiger partial charge in [0, 0.05) is 18.5 Å². The maximum absolute atomic E-state index is 6.13. The minimum atomic E-state index is 0.286. The summed E-state index contributed by atoms with van der Waals surface area (Å²) in [6.07, 6.45) is 0. The van der Waals surface area contributed by atoms with Gasteiger partial charge in [0.2, 0.25) is 0 Å². The molecular formula is C12H19N5S. The molecule has 0 atom stereocenters. The third-order valence-electron chi connectivity index (χ3n) is 2.84. The molecular weight excluding hydrogens is 246 g/mol. The van der Waals surface area contributed by atoms with Crippen molar-refractivity contribution in [2.75, 3.05) is 17.7 Å². The monoisotopic (exact) mass is 265 g/mol. The fourth-order valence-electron chi connectivity index (χ4n) is 1.92. The SMILES string of the molecule is Cc1nn(C(C)C)c(N(C)Cc2cscn2)c1N. The summed E-state index contributed by atoms with van der Waals surface area (Å²) in [7, 11) is 2.02. The highest BCUT2D eigenvalue weighted by molar-refractivity contribution is 7.07. The molecule has 0 bridgehead atoms. The van der Waals surface area contributed by atoms with Crippen LogP contribution in [0, 0.1) is 6.92 Å². The number of anilines is 2. The normalized spacial score (nSPS) is 11.2. The first kappa shape index (κ1) is 12.9. The van der Waals surface area contributed by atoms with Crippen molar-refractivity contribution in [3.05, 3.63) is 22.3 Å². The predicted molar refractivity (Wildman–Crippen MR) is 76.0 cm³/mol. The van der Waals surface area contributed by atoms with Crippen molar-refractivity contribution >= 4 is 22.8 Å². The molecule has 98 valence electrons. The number of aryl methyl sites for hydroxylation is 1. The number of hydrogen-bond acceptors (Lipinski definition) is 5. The van der Waals surface area contributed by atoms with Gasteiger partial charge in [-0.15, -0.1) is 11.3 Å². The van der Waals surface area contributed by atoms with Gasteiger partial charge < -0.3 is 10.6 Å². The third kappa shape index (κ3) is 2.33. The largest absolute Gasteiger partial charge is 0.394 e. The van der Waals surface area contributed by atoms with Gasteiger partial charge in [0.05, 0.1) is 29.1 Å². The van der Waals surface area contributed by atoms with Crippen LogP contribution >= 0.6 is 11.3 Å². The van der Waals surface area contributed by atoms with Crippen LogP contribution in [-0.2, 0) is 6.54 Å². The minimum Gasteiger partial charge on any atom is -0.394 e. The lowest BCUT2D eigenvalue weighted by Gasteiger charge is -2.21. The Bertz CT molecular complexity index is 515. The first-order valence-electron chi connectivity index (χ1n) is 5.93. The maximum atomic E-state index is 6.13. The van der Waals surface area contributed by atoms with Crippen LogP contribution in [-0.4, -0.2) is 21.8 Å².